The lowest BCUT2D eigenvalue weighted by Crippen LogP contribution is -2.02. The van der Waals surface area contributed by atoms with Crippen molar-refractivity contribution in [3.8, 4) is 23.0 Å². The molecule has 1 N–H and O–H groups in total. The SMILES string of the molecule is CC(C)OC=O.CNc1ccc(-c2cc3ccc(Oc4ncccn4)cc3n2CC2CC2)cc1. The van der Waals surface area contributed by atoms with Gasteiger partial charge in [-0.2, -0.15) is 0 Å². The van der Waals surface area contributed by atoms with E-state index < -0.39 is 0 Å². The zero-order chi connectivity index (χ0) is 23.9. The van der Waals surface area contributed by atoms with Crippen LogP contribution in [0.2, 0.25) is 0 Å². The number of hydrogen-bond donors (Lipinski definition) is 1. The number of carbonyl (C=O) groups is 1. The summed E-state index contributed by atoms with van der Waals surface area (Å²) in [5.41, 5.74) is 4.78. The molecule has 0 aliphatic heterocycles. The molecule has 0 atom stereocenters. The molecule has 0 unspecified atom stereocenters. The summed E-state index contributed by atoms with van der Waals surface area (Å²) < 4.78 is 12.7. The molecule has 2 heterocycles. The first kappa shape index (κ1) is 23.3. The molecule has 0 bridgehead atoms. The quantitative estimate of drug-likeness (QED) is 0.331. The van der Waals surface area contributed by atoms with Crippen LogP contribution in [-0.4, -0.2) is 34.2 Å². The predicted octanol–water partition coefficient (Wildman–Crippen LogP) is 5.91. The zero-order valence-electron chi connectivity index (χ0n) is 19.8. The summed E-state index contributed by atoms with van der Waals surface area (Å²) in [6.07, 6.45) is 6.02. The van der Waals surface area contributed by atoms with Crippen LogP contribution in [0.3, 0.4) is 0 Å². The van der Waals surface area contributed by atoms with E-state index in [-0.39, 0.29) is 6.10 Å². The molecule has 2 aromatic carbocycles. The van der Waals surface area contributed by atoms with Crippen molar-refractivity contribution in [1.29, 1.82) is 0 Å². The molecule has 7 heteroatoms. The van der Waals surface area contributed by atoms with E-state index in [1.165, 1.54) is 35.0 Å². The van der Waals surface area contributed by atoms with Crippen molar-refractivity contribution in [2.45, 2.75) is 39.3 Å². The summed E-state index contributed by atoms with van der Waals surface area (Å²) in [5, 5.41) is 4.40. The van der Waals surface area contributed by atoms with Crippen LogP contribution in [0.15, 0.2) is 67.0 Å². The molecule has 1 saturated carbocycles. The summed E-state index contributed by atoms with van der Waals surface area (Å²) in [4.78, 5) is 17.7. The van der Waals surface area contributed by atoms with Gasteiger partial charge in [-0.05, 0) is 74.6 Å². The molecule has 34 heavy (non-hydrogen) atoms. The van der Waals surface area contributed by atoms with Gasteiger partial charge in [0, 0.05) is 48.8 Å². The molecule has 1 fully saturated rings. The fraction of sp³-hybridized carbons (Fsp3) is 0.296. The van der Waals surface area contributed by atoms with Crippen LogP contribution < -0.4 is 10.1 Å². The lowest BCUT2D eigenvalue weighted by Gasteiger charge is -2.12. The van der Waals surface area contributed by atoms with Gasteiger partial charge < -0.3 is 19.4 Å². The van der Waals surface area contributed by atoms with Gasteiger partial charge >= 0.3 is 6.01 Å². The Bertz CT molecular complexity index is 1220. The number of fused-ring (bicyclic) bond motifs is 1. The van der Waals surface area contributed by atoms with Crippen molar-refractivity contribution < 1.29 is 14.3 Å². The van der Waals surface area contributed by atoms with Crippen molar-refractivity contribution in [3.63, 3.8) is 0 Å². The highest BCUT2D eigenvalue weighted by molar-refractivity contribution is 5.88. The van der Waals surface area contributed by atoms with E-state index in [4.69, 9.17) is 4.74 Å². The molecular weight excluding hydrogens is 428 g/mol. The number of ether oxygens (including phenoxy) is 2. The number of aromatic nitrogens is 3. The third-order valence-electron chi connectivity index (χ3n) is 5.56. The van der Waals surface area contributed by atoms with Gasteiger partial charge in [0.1, 0.15) is 5.75 Å². The van der Waals surface area contributed by atoms with Gasteiger partial charge in [0.25, 0.3) is 6.47 Å². The number of anilines is 1. The van der Waals surface area contributed by atoms with E-state index in [1.54, 1.807) is 32.3 Å². The topological polar surface area (TPSA) is 78.3 Å². The van der Waals surface area contributed by atoms with Crippen LogP contribution in [-0.2, 0) is 16.1 Å². The molecule has 4 aromatic rings. The fourth-order valence-electron chi connectivity index (χ4n) is 3.65. The maximum absolute atomic E-state index is 9.39. The second-order valence-corrected chi connectivity index (χ2v) is 8.55. The first-order chi connectivity index (χ1) is 16.6. The minimum atomic E-state index is 0.0301. The monoisotopic (exact) mass is 458 g/mol. The number of nitrogens with zero attached hydrogens (tertiary/aromatic N) is 3. The number of nitrogens with one attached hydrogen (secondary N) is 1. The van der Waals surface area contributed by atoms with Crippen LogP contribution in [0.4, 0.5) is 5.69 Å². The Labute approximate surface area is 199 Å². The maximum Gasteiger partial charge on any atom is 0.321 e. The van der Waals surface area contributed by atoms with E-state index in [0.29, 0.717) is 12.5 Å². The van der Waals surface area contributed by atoms with Crippen molar-refractivity contribution in [1.82, 2.24) is 14.5 Å². The standard InChI is InChI=1S/C23H22N4O.C4H8O2/c1-24-19-8-5-17(6-9-19)21-13-18-7-10-20(28-23-25-11-2-12-26-23)14-22(18)27(21)15-16-3-4-16;1-4(2)6-3-5/h2,5-14,16,24H,3-4,15H2,1H3;3-4H,1-2H3. The van der Waals surface area contributed by atoms with Crippen LogP contribution in [0.1, 0.15) is 26.7 Å². The highest BCUT2D eigenvalue weighted by Crippen LogP contribution is 2.37. The molecule has 7 nitrogen and oxygen atoms in total. The van der Waals surface area contributed by atoms with Gasteiger partial charge in [-0.1, -0.05) is 12.1 Å². The van der Waals surface area contributed by atoms with Gasteiger partial charge in [0.2, 0.25) is 0 Å². The van der Waals surface area contributed by atoms with Gasteiger partial charge in [-0.25, -0.2) is 9.97 Å². The maximum atomic E-state index is 9.39. The summed E-state index contributed by atoms with van der Waals surface area (Å²) in [6.45, 7) is 5.09. The lowest BCUT2D eigenvalue weighted by molar-refractivity contribution is -0.131. The smallest absolute Gasteiger partial charge is 0.321 e. The van der Waals surface area contributed by atoms with Crippen LogP contribution >= 0.6 is 0 Å². The third kappa shape index (κ3) is 5.92. The predicted molar refractivity (Wildman–Crippen MR) is 134 cm³/mol. The van der Waals surface area contributed by atoms with Crippen LogP contribution in [0.25, 0.3) is 22.2 Å². The largest absolute Gasteiger partial charge is 0.465 e. The summed E-state index contributed by atoms with van der Waals surface area (Å²) in [5.74, 6) is 1.53. The van der Waals surface area contributed by atoms with Crippen LogP contribution in [0.5, 0.6) is 11.8 Å². The molecule has 176 valence electrons. The van der Waals surface area contributed by atoms with Gasteiger partial charge in [0.05, 0.1) is 11.6 Å². The second-order valence-electron chi connectivity index (χ2n) is 8.55. The fourth-order valence-corrected chi connectivity index (χ4v) is 3.65. The second kappa shape index (κ2) is 10.8. The molecular formula is C27H30N4O3. The molecule has 5 rings (SSSR count). The highest BCUT2D eigenvalue weighted by atomic mass is 16.5. The zero-order valence-corrected chi connectivity index (χ0v) is 19.8. The molecule has 0 saturated heterocycles. The minimum Gasteiger partial charge on any atom is -0.465 e. The Kier molecular flexibility index (Phi) is 7.42. The van der Waals surface area contributed by atoms with Gasteiger partial charge in [-0.3, -0.25) is 4.79 Å². The highest BCUT2D eigenvalue weighted by Gasteiger charge is 2.24. The molecule has 0 amide bonds. The van der Waals surface area contributed by atoms with Crippen LogP contribution in [0, 0.1) is 5.92 Å². The number of rotatable bonds is 8. The Morgan fingerprint density at radius 2 is 1.82 bits per heavy atom. The van der Waals surface area contributed by atoms with E-state index in [2.05, 4.69) is 67.1 Å². The lowest BCUT2D eigenvalue weighted by atomic mass is 10.1. The van der Waals surface area contributed by atoms with Crippen molar-refractivity contribution in [2.75, 3.05) is 12.4 Å². The van der Waals surface area contributed by atoms with Crippen molar-refractivity contribution in [3.05, 3.63) is 67.0 Å². The minimum absolute atomic E-state index is 0.0301. The first-order valence-corrected chi connectivity index (χ1v) is 11.5. The normalized spacial score (nSPS) is 12.7. The number of benzene rings is 2. The van der Waals surface area contributed by atoms with Gasteiger partial charge in [-0.15, -0.1) is 0 Å². The Morgan fingerprint density at radius 1 is 1.09 bits per heavy atom. The van der Waals surface area contributed by atoms with E-state index >= 15 is 0 Å². The van der Waals surface area contributed by atoms with Crippen molar-refractivity contribution >= 4 is 23.1 Å². The average Bonchev–Trinajstić information content (AvgIpc) is 3.60. The molecule has 1 aliphatic rings. The number of carbonyl (C=O) groups excluding carboxylic acids is 1. The average molecular weight is 459 g/mol. The Balaban J connectivity index is 0.000000408. The molecule has 0 spiro atoms. The summed E-state index contributed by atoms with van der Waals surface area (Å²) in [6, 6.07) is 19.2. The number of hydrogen-bond acceptors (Lipinski definition) is 6. The molecule has 2 aromatic heterocycles. The third-order valence-corrected chi connectivity index (χ3v) is 5.56. The summed E-state index contributed by atoms with van der Waals surface area (Å²) >= 11 is 0. The molecule has 1 aliphatic carbocycles. The molecule has 0 radical (unpaired) electrons. The summed E-state index contributed by atoms with van der Waals surface area (Å²) in [7, 11) is 1.94. The Morgan fingerprint density at radius 3 is 2.41 bits per heavy atom. The van der Waals surface area contributed by atoms with Crippen molar-refractivity contribution in [2.24, 2.45) is 5.92 Å². The van der Waals surface area contributed by atoms with E-state index in [9.17, 15) is 4.79 Å². The van der Waals surface area contributed by atoms with E-state index in [1.807, 2.05) is 13.1 Å². The first-order valence-electron chi connectivity index (χ1n) is 11.5. The van der Waals surface area contributed by atoms with Gasteiger partial charge in [0.15, 0.2) is 0 Å². The van der Waals surface area contributed by atoms with E-state index in [0.717, 1.165) is 23.9 Å². The Hall–Kier alpha value is -3.87.